The second-order valence-corrected chi connectivity index (χ2v) is 5.41. The molecule has 0 fully saturated rings. The lowest BCUT2D eigenvalue weighted by atomic mass is 10.2. The molecule has 2 heterocycles. The Bertz CT molecular complexity index is 705. The van der Waals surface area contributed by atoms with Gasteiger partial charge < -0.3 is 15.0 Å². The zero-order valence-electron chi connectivity index (χ0n) is 14.0. The van der Waals surface area contributed by atoms with E-state index in [9.17, 15) is 0 Å². The van der Waals surface area contributed by atoms with Gasteiger partial charge in [0.05, 0.1) is 13.7 Å². The zero-order chi connectivity index (χ0) is 16.1. The predicted molar refractivity (Wildman–Crippen MR) is 109 cm³/mol. The summed E-state index contributed by atoms with van der Waals surface area (Å²) in [6.45, 7) is 4.49. The molecule has 24 heavy (non-hydrogen) atoms. The van der Waals surface area contributed by atoms with Gasteiger partial charge >= 0.3 is 0 Å². The van der Waals surface area contributed by atoms with Crippen LogP contribution in [0, 0.1) is 0 Å². The van der Waals surface area contributed by atoms with Gasteiger partial charge in [-0.25, -0.2) is 9.98 Å². The summed E-state index contributed by atoms with van der Waals surface area (Å²) < 4.78 is 5.17. The fourth-order valence-electron chi connectivity index (χ4n) is 2.78. The van der Waals surface area contributed by atoms with E-state index < -0.39 is 0 Å². The summed E-state index contributed by atoms with van der Waals surface area (Å²) in [6.07, 6.45) is 2.81. The minimum Gasteiger partial charge on any atom is -0.481 e. The molecule has 1 aliphatic heterocycles. The minimum atomic E-state index is 0. The number of aliphatic imine (C=N–C) groups is 1. The number of para-hydroxylation sites is 1. The van der Waals surface area contributed by atoms with Gasteiger partial charge in [-0.05, 0) is 36.6 Å². The van der Waals surface area contributed by atoms with E-state index in [0.29, 0.717) is 12.4 Å². The van der Waals surface area contributed by atoms with E-state index in [1.54, 1.807) is 13.3 Å². The number of rotatable bonds is 4. The van der Waals surface area contributed by atoms with Crippen molar-refractivity contribution in [2.45, 2.75) is 19.9 Å². The summed E-state index contributed by atoms with van der Waals surface area (Å²) in [7, 11) is 1.63. The third-order valence-corrected chi connectivity index (χ3v) is 3.90. The van der Waals surface area contributed by atoms with Gasteiger partial charge in [0, 0.05) is 31.0 Å². The first-order valence-electron chi connectivity index (χ1n) is 7.94. The zero-order valence-corrected chi connectivity index (χ0v) is 16.4. The van der Waals surface area contributed by atoms with E-state index in [4.69, 9.17) is 9.73 Å². The summed E-state index contributed by atoms with van der Waals surface area (Å²) in [5, 5.41) is 3.39. The summed E-state index contributed by atoms with van der Waals surface area (Å²) in [5.41, 5.74) is 3.71. The highest BCUT2D eigenvalue weighted by Gasteiger charge is 2.22. The Hall–Kier alpha value is -1.83. The van der Waals surface area contributed by atoms with Crippen molar-refractivity contribution in [3.8, 4) is 5.88 Å². The molecule has 0 saturated heterocycles. The van der Waals surface area contributed by atoms with Gasteiger partial charge in [0.25, 0.3) is 0 Å². The van der Waals surface area contributed by atoms with Gasteiger partial charge in [-0.15, -0.1) is 24.0 Å². The molecule has 3 rings (SSSR count). The molecule has 1 aliphatic rings. The number of pyridine rings is 1. The van der Waals surface area contributed by atoms with Crippen LogP contribution in [0.15, 0.2) is 47.6 Å². The normalized spacial score (nSPS) is 13.2. The van der Waals surface area contributed by atoms with Gasteiger partial charge in [-0.2, -0.15) is 0 Å². The van der Waals surface area contributed by atoms with Crippen molar-refractivity contribution in [2.24, 2.45) is 4.99 Å². The topological polar surface area (TPSA) is 49.8 Å². The Balaban J connectivity index is 0.00000208. The van der Waals surface area contributed by atoms with Crippen LogP contribution in [0.5, 0.6) is 5.88 Å². The van der Waals surface area contributed by atoms with Crippen LogP contribution in [0.4, 0.5) is 5.69 Å². The first-order valence-corrected chi connectivity index (χ1v) is 7.94. The van der Waals surface area contributed by atoms with Crippen LogP contribution < -0.4 is 15.0 Å². The van der Waals surface area contributed by atoms with Gasteiger partial charge in [-0.1, -0.05) is 18.2 Å². The van der Waals surface area contributed by atoms with Gasteiger partial charge in [0.15, 0.2) is 5.96 Å². The minimum absolute atomic E-state index is 0. The lowest BCUT2D eigenvalue weighted by Gasteiger charge is -2.22. The molecule has 0 radical (unpaired) electrons. The van der Waals surface area contributed by atoms with Crippen LogP contribution in [-0.2, 0) is 13.0 Å². The predicted octanol–water partition coefficient (Wildman–Crippen LogP) is 3.24. The molecule has 1 aromatic carbocycles. The van der Waals surface area contributed by atoms with Crippen molar-refractivity contribution in [1.82, 2.24) is 10.3 Å². The van der Waals surface area contributed by atoms with E-state index in [1.165, 1.54) is 11.3 Å². The van der Waals surface area contributed by atoms with Crippen LogP contribution in [0.3, 0.4) is 0 Å². The molecule has 0 saturated carbocycles. The van der Waals surface area contributed by atoms with Crippen molar-refractivity contribution in [3.05, 3.63) is 53.7 Å². The maximum atomic E-state index is 5.17. The summed E-state index contributed by atoms with van der Waals surface area (Å²) >= 11 is 0. The Morgan fingerprint density at radius 2 is 2.17 bits per heavy atom. The maximum Gasteiger partial charge on any atom is 0.213 e. The number of hydrogen-bond acceptors (Lipinski definition) is 3. The second-order valence-electron chi connectivity index (χ2n) is 5.41. The van der Waals surface area contributed by atoms with Crippen LogP contribution in [0.2, 0.25) is 0 Å². The number of nitrogens with zero attached hydrogens (tertiary/aromatic N) is 3. The quantitative estimate of drug-likeness (QED) is 0.453. The molecule has 0 bridgehead atoms. The van der Waals surface area contributed by atoms with Crippen molar-refractivity contribution >= 4 is 35.6 Å². The number of methoxy groups -OCH3 is 1. The monoisotopic (exact) mass is 438 g/mol. The molecule has 1 aromatic heterocycles. The number of hydrogen-bond donors (Lipinski definition) is 1. The largest absolute Gasteiger partial charge is 0.481 e. The molecule has 5 nitrogen and oxygen atoms in total. The molecule has 0 unspecified atom stereocenters. The highest BCUT2D eigenvalue weighted by molar-refractivity contribution is 14.0. The Labute approximate surface area is 160 Å². The van der Waals surface area contributed by atoms with Gasteiger partial charge in [0.1, 0.15) is 0 Å². The third-order valence-electron chi connectivity index (χ3n) is 3.90. The fourth-order valence-corrected chi connectivity index (χ4v) is 2.78. The fraction of sp³-hybridized carbons (Fsp3) is 0.333. The first-order chi connectivity index (χ1) is 11.3. The van der Waals surface area contributed by atoms with Crippen molar-refractivity contribution in [2.75, 3.05) is 25.1 Å². The Kier molecular flexibility index (Phi) is 6.84. The number of guanidine groups is 1. The van der Waals surface area contributed by atoms with Crippen LogP contribution in [-0.4, -0.2) is 31.1 Å². The lowest BCUT2D eigenvalue weighted by molar-refractivity contribution is 0.397. The number of aromatic nitrogens is 1. The van der Waals surface area contributed by atoms with Gasteiger partial charge in [-0.3, -0.25) is 0 Å². The molecular formula is C18H23IN4O. The number of ether oxygens (including phenoxy) is 1. The molecular weight excluding hydrogens is 415 g/mol. The van der Waals surface area contributed by atoms with E-state index >= 15 is 0 Å². The summed E-state index contributed by atoms with van der Waals surface area (Å²) in [6, 6.07) is 12.4. The lowest BCUT2D eigenvalue weighted by Crippen LogP contribution is -2.40. The standard InChI is InChI=1S/C18H22N4O.HI/c1-3-19-18(21-13-14-8-10-20-17(12-14)23-2)22-11-9-15-6-4-5-7-16(15)22;/h4-8,10,12H,3,9,11,13H2,1-2H3,(H,19,21);1H. The van der Waals surface area contributed by atoms with E-state index in [2.05, 4.69) is 46.4 Å². The average molecular weight is 438 g/mol. The average Bonchev–Trinajstić information content (AvgIpc) is 3.03. The number of fused-ring (bicyclic) bond motifs is 1. The second kappa shape index (κ2) is 8.86. The molecule has 0 amide bonds. The van der Waals surface area contributed by atoms with E-state index in [-0.39, 0.29) is 24.0 Å². The van der Waals surface area contributed by atoms with Crippen LogP contribution in [0.1, 0.15) is 18.1 Å². The molecule has 1 N–H and O–H groups in total. The summed E-state index contributed by atoms with van der Waals surface area (Å²) in [4.78, 5) is 11.2. The van der Waals surface area contributed by atoms with Gasteiger partial charge in [0.2, 0.25) is 5.88 Å². The third kappa shape index (κ3) is 4.17. The highest BCUT2D eigenvalue weighted by Crippen LogP contribution is 2.27. The molecule has 0 aliphatic carbocycles. The van der Waals surface area contributed by atoms with E-state index in [0.717, 1.165) is 31.0 Å². The van der Waals surface area contributed by atoms with Crippen molar-refractivity contribution in [1.29, 1.82) is 0 Å². The molecule has 0 atom stereocenters. The Morgan fingerprint density at radius 1 is 1.33 bits per heavy atom. The van der Waals surface area contributed by atoms with Crippen LogP contribution in [0.25, 0.3) is 0 Å². The molecule has 6 heteroatoms. The highest BCUT2D eigenvalue weighted by atomic mass is 127. The maximum absolute atomic E-state index is 5.17. The van der Waals surface area contributed by atoms with E-state index in [1.807, 2.05) is 12.1 Å². The van der Waals surface area contributed by atoms with Crippen molar-refractivity contribution in [3.63, 3.8) is 0 Å². The number of benzene rings is 1. The Morgan fingerprint density at radius 3 is 2.96 bits per heavy atom. The number of halogens is 1. The smallest absolute Gasteiger partial charge is 0.213 e. The molecule has 128 valence electrons. The number of anilines is 1. The molecule has 0 spiro atoms. The first kappa shape index (κ1) is 18.5. The van der Waals surface area contributed by atoms with Crippen LogP contribution >= 0.6 is 24.0 Å². The number of nitrogens with one attached hydrogen (secondary N) is 1. The SMILES string of the molecule is CCNC(=NCc1ccnc(OC)c1)N1CCc2ccccc21.I. The summed E-state index contributed by atoms with van der Waals surface area (Å²) in [5.74, 6) is 1.54. The molecule has 2 aromatic rings. The van der Waals surface area contributed by atoms with Crippen molar-refractivity contribution < 1.29 is 4.74 Å².